The summed E-state index contributed by atoms with van der Waals surface area (Å²) in [7, 11) is 6.70. The number of methoxy groups -OCH3 is 3. The molecule has 2 aromatic heterocycles. The van der Waals surface area contributed by atoms with Gasteiger partial charge in [-0.1, -0.05) is 41.9 Å². The van der Waals surface area contributed by atoms with E-state index in [2.05, 4.69) is 9.80 Å². The van der Waals surface area contributed by atoms with Crippen LogP contribution in [-0.2, 0) is 17.9 Å². The molecule has 0 atom stereocenters. The van der Waals surface area contributed by atoms with Crippen LogP contribution in [0.3, 0.4) is 0 Å². The van der Waals surface area contributed by atoms with E-state index in [1.54, 1.807) is 32.2 Å². The maximum atomic E-state index is 16.0. The van der Waals surface area contributed by atoms with Crippen molar-refractivity contribution in [1.29, 1.82) is 0 Å². The van der Waals surface area contributed by atoms with E-state index < -0.39 is 11.6 Å². The maximum absolute atomic E-state index is 16.0. The molecule has 2 aliphatic rings. The van der Waals surface area contributed by atoms with Gasteiger partial charge >= 0.3 is 5.97 Å². The van der Waals surface area contributed by atoms with Gasteiger partial charge in [0.15, 0.2) is 5.82 Å². The third kappa shape index (κ3) is 7.86. The zero-order valence-electron chi connectivity index (χ0n) is 31.8. The molecule has 2 N–H and O–H groups in total. The Kier molecular flexibility index (Phi) is 11.0. The molecule has 11 nitrogen and oxygen atoms in total. The normalized spacial score (nSPS) is 18.3. The number of pyridine rings is 1. The molecule has 1 saturated heterocycles. The quantitative estimate of drug-likeness (QED) is 0.124. The van der Waals surface area contributed by atoms with E-state index in [0.29, 0.717) is 71.1 Å². The number of likely N-dealkylation sites (tertiary alicyclic amines) is 1. The summed E-state index contributed by atoms with van der Waals surface area (Å²) >= 11 is 7.19. The first kappa shape index (κ1) is 38.5. The van der Waals surface area contributed by atoms with Gasteiger partial charge in [-0.3, -0.25) is 14.6 Å². The Morgan fingerprint density at radius 2 is 1.64 bits per heavy atom. The number of nitrogens with zero attached hydrogens (tertiary/aromatic N) is 5. The fourth-order valence-electron chi connectivity index (χ4n) is 8.32. The van der Waals surface area contributed by atoms with Crippen LogP contribution < -0.4 is 14.2 Å². The molecule has 0 amide bonds. The summed E-state index contributed by atoms with van der Waals surface area (Å²) in [5.41, 5.74) is 4.20. The molecule has 0 radical (unpaired) electrons. The minimum absolute atomic E-state index is 0.195. The lowest BCUT2D eigenvalue weighted by atomic mass is 9.83. The number of hydrogen-bond acceptors (Lipinski definition) is 9. The third-order valence-electron chi connectivity index (χ3n) is 11.1. The van der Waals surface area contributed by atoms with E-state index in [0.717, 1.165) is 53.3 Å². The molecule has 7 rings (SSSR count). The molecule has 13 heteroatoms. The van der Waals surface area contributed by atoms with Crippen molar-refractivity contribution in [1.82, 2.24) is 24.6 Å². The minimum Gasteiger partial charge on any atom is -0.496 e. The van der Waals surface area contributed by atoms with Crippen molar-refractivity contribution in [3.63, 3.8) is 0 Å². The number of fused-ring (bicyclic) bond motifs is 1. The second-order valence-corrected chi connectivity index (χ2v) is 15.5. The number of aliphatic carboxylic acids is 1. The van der Waals surface area contributed by atoms with Gasteiger partial charge in [-0.15, -0.1) is 0 Å². The molecular formula is C42H47ClFN5O6. The molecule has 1 aliphatic heterocycles. The summed E-state index contributed by atoms with van der Waals surface area (Å²) < 4.78 is 35.0. The highest BCUT2D eigenvalue weighted by molar-refractivity contribution is 6.36. The van der Waals surface area contributed by atoms with E-state index >= 15 is 4.39 Å². The number of halogens is 2. The molecule has 55 heavy (non-hydrogen) atoms. The first-order valence-corrected chi connectivity index (χ1v) is 18.9. The first-order valence-electron chi connectivity index (χ1n) is 18.5. The number of aromatic nitrogens is 3. The van der Waals surface area contributed by atoms with Crippen molar-refractivity contribution in [2.24, 2.45) is 5.92 Å². The first-order chi connectivity index (χ1) is 26.4. The second-order valence-electron chi connectivity index (χ2n) is 15.1. The summed E-state index contributed by atoms with van der Waals surface area (Å²) in [6, 6.07) is 17.0. The van der Waals surface area contributed by atoms with Crippen LogP contribution in [0, 0.1) is 11.7 Å². The predicted octanol–water partition coefficient (Wildman–Crippen LogP) is 7.60. The van der Waals surface area contributed by atoms with Crippen LogP contribution in [0.15, 0.2) is 60.8 Å². The van der Waals surface area contributed by atoms with Gasteiger partial charge in [-0.2, -0.15) is 10.1 Å². The highest BCUT2D eigenvalue weighted by Gasteiger charge is 2.37. The number of carbonyl (C=O) groups is 1. The summed E-state index contributed by atoms with van der Waals surface area (Å²) in [5, 5.41) is 25.4. The number of ether oxygens (including phenoxy) is 3. The second kappa shape index (κ2) is 15.8. The van der Waals surface area contributed by atoms with Crippen LogP contribution in [-0.4, -0.2) is 93.9 Å². The van der Waals surface area contributed by atoms with Crippen molar-refractivity contribution in [2.75, 3.05) is 41.5 Å². The fourth-order valence-corrected chi connectivity index (χ4v) is 8.66. The van der Waals surface area contributed by atoms with Gasteiger partial charge in [-0.05, 0) is 74.9 Å². The highest BCUT2D eigenvalue weighted by atomic mass is 35.5. The number of rotatable bonds is 13. The Hall–Kier alpha value is -4.75. The SMILES string of the molecule is COc1cc(-c2cccc(-c3cccc4c3cnn4-c3cc(OC)c(CN4CC(C)(O)C4)c(OC)n3)c2Cl)cc(F)c1CN(C)C1CCC(CC(=O)O)CC1. The lowest BCUT2D eigenvalue weighted by molar-refractivity contribution is -0.138. The standard InChI is InChI=1S/C42H47ClFN5O6/c1-42(52)23-48(24-42)22-33-37(54-4)19-38(46-41(33)55-5)49-35-11-7-9-29(31(35)20-45-49)30-10-6-8-28(40(30)43)26-17-34(44)32(36(18-26)53-3)21-47(2)27-14-12-25(13-15-27)16-39(50)51/h6-11,17-20,25,27,52H,12-16,21-24H2,1-5H3,(H,50,51). The van der Waals surface area contributed by atoms with E-state index in [1.807, 2.05) is 62.5 Å². The zero-order valence-corrected chi connectivity index (χ0v) is 32.6. The number of β-amino-alcohol motifs (C(OH)–C–C–N with tert-alkyl or cyclic N) is 1. The Bertz CT molecular complexity index is 2190. The Morgan fingerprint density at radius 3 is 2.31 bits per heavy atom. The minimum atomic E-state index is -0.754. The van der Waals surface area contributed by atoms with Crippen LogP contribution in [0.4, 0.5) is 4.39 Å². The lowest BCUT2D eigenvalue weighted by Crippen LogP contribution is -2.59. The van der Waals surface area contributed by atoms with Gasteiger partial charge in [0.2, 0.25) is 5.88 Å². The fraction of sp³-hybridized carbons (Fsp3) is 0.405. The van der Waals surface area contributed by atoms with Gasteiger partial charge in [-0.25, -0.2) is 9.07 Å². The smallest absolute Gasteiger partial charge is 0.303 e. The number of aliphatic hydroxyl groups is 1. The van der Waals surface area contributed by atoms with Gasteiger partial charge < -0.3 is 24.4 Å². The van der Waals surface area contributed by atoms with Gasteiger partial charge in [0.1, 0.15) is 17.3 Å². The van der Waals surface area contributed by atoms with Gasteiger partial charge in [0.05, 0.1) is 49.2 Å². The van der Waals surface area contributed by atoms with Crippen molar-refractivity contribution < 1.29 is 33.6 Å². The van der Waals surface area contributed by atoms with Crippen molar-refractivity contribution >= 4 is 28.5 Å². The molecule has 0 bridgehead atoms. The zero-order chi connectivity index (χ0) is 39.0. The van der Waals surface area contributed by atoms with E-state index in [4.69, 9.17) is 35.9 Å². The summed E-state index contributed by atoms with van der Waals surface area (Å²) in [6.07, 6.45) is 5.42. The summed E-state index contributed by atoms with van der Waals surface area (Å²) in [6.45, 7) is 3.78. The molecule has 3 aromatic carbocycles. The Morgan fingerprint density at radius 1 is 0.964 bits per heavy atom. The van der Waals surface area contributed by atoms with Crippen LogP contribution in [0.5, 0.6) is 17.4 Å². The van der Waals surface area contributed by atoms with Crippen molar-refractivity contribution in [2.45, 2.75) is 63.8 Å². The molecule has 2 fully saturated rings. The van der Waals surface area contributed by atoms with Gasteiger partial charge in [0.25, 0.3) is 0 Å². The molecule has 1 aliphatic carbocycles. The molecule has 3 heterocycles. The topological polar surface area (TPSA) is 122 Å². The van der Waals surface area contributed by atoms with E-state index in [9.17, 15) is 15.0 Å². The number of carboxylic acids is 1. The average molecular weight is 772 g/mol. The highest BCUT2D eigenvalue weighted by Crippen LogP contribution is 2.42. The third-order valence-corrected chi connectivity index (χ3v) is 11.5. The molecule has 290 valence electrons. The maximum Gasteiger partial charge on any atom is 0.303 e. The van der Waals surface area contributed by atoms with Crippen LogP contribution in [0.1, 0.15) is 50.2 Å². The van der Waals surface area contributed by atoms with Crippen LogP contribution in [0.2, 0.25) is 5.02 Å². The molecular weight excluding hydrogens is 725 g/mol. The van der Waals surface area contributed by atoms with Crippen LogP contribution >= 0.6 is 11.6 Å². The number of hydrogen-bond donors (Lipinski definition) is 2. The average Bonchev–Trinajstić information content (AvgIpc) is 3.59. The lowest BCUT2D eigenvalue weighted by Gasteiger charge is -2.44. The molecule has 5 aromatic rings. The largest absolute Gasteiger partial charge is 0.496 e. The molecule has 0 spiro atoms. The van der Waals surface area contributed by atoms with Crippen molar-refractivity contribution in [3.8, 4) is 45.5 Å². The molecule has 0 unspecified atom stereocenters. The number of benzene rings is 3. The Labute approximate surface area is 325 Å². The van der Waals surface area contributed by atoms with E-state index in [-0.39, 0.29) is 24.2 Å². The van der Waals surface area contributed by atoms with Crippen molar-refractivity contribution in [3.05, 3.63) is 82.8 Å². The summed E-state index contributed by atoms with van der Waals surface area (Å²) in [5.74, 6) is 1.02. The summed E-state index contributed by atoms with van der Waals surface area (Å²) in [4.78, 5) is 20.2. The predicted molar refractivity (Wildman–Crippen MR) is 210 cm³/mol. The van der Waals surface area contributed by atoms with E-state index in [1.165, 1.54) is 6.07 Å². The monoisotopic (exact) mass is 771 g/mol. The van der Waals surface area contributed by atoms with Gasteiger partial charge in [0, 0.05) is 66.8 Å². The molecule has 1 saturated carbocycles. The number of carboxylic acid groups (broad SMARTS) is 1. The van der Waals surface area contributed by atoms with Crippen LogP contribution in [0.25, 0.3) is 39.0 Å². The Balaban J connectivity index is 1.17.